The number of likely N-dealkylation sites (N-methyl/N-ethyl adjacent to an activating group) is 1. The molecule has 0 spiro atoms. The summed E-state index contributed by atoms with van der Waals surface area (Å²) < 4.78 is 5.28. The minimum absolute atomic E-state index is 0.692. The average Bonchev–Trinajstić information content (AvgIpc) is 2.29. The molecule has 0 N–H and O–H groups in total. The highest BCUT2D eigenvalue weighted by atomic mass is 16.5. The molecule has 3 heteroatoms. The Morgan fingerprint density at radius 3 is 2.53 bits per heavy atom. The number of ether oxygens (including phenoxy) is 1. The van der Waals surface area contributed by atoms with Gasteiger partial charge in [0.15, 0.2) is 0 Å². The number of hydrogen-bond acceptors (Lipinski definition) is 3. The van der Waals surface area contributed by atoms with Crippen LogP contribution < -0.4 is 4.90 Å². The fraction of sp³-hybridized carbons (Fsp3) is 0.417. The van der Waals surface area contributed by atoms with Crippen molar-refractivity contribution >= 4 is 5.69 Å². The Labute approximate surface area is 90.9 Å². The van der Waals surface area contributed by atoms with E-state index < -0.39 is 0 Å². The van der Waals surface area contributed by atoms with Gasteiger partial charge in [0.05, 0.1) is 18.2 Å². The standard InChI is InChI=1S/C12H16N2O/c1-3-15-9-8-14(2)12-6-4-11(10-13)5-7-12/h4-7H,3,8-9H2,1-2H3. The van der Waals surface area contributed by atoms with Gasteiger partial charge in [0.2, 0.25) is 0 Å². The fourth-order valence-electron chi connectivity index (χ4n) is 1.27. The van der Waals surface area contributed by atoms with Gasteiger partial charge in [-0.3, -0.25) is 0 Å². The van der Waals surface area contributed by atoms with Crippen molar-refractivity contribution in [1.29, 1.82) is 5.26 Å². The molecule has 3 nitrogen and oxygen atoms in total. The molecule has 0 aliphatic rings. The van der Waals surface area contributed by atoms with Gasteiger partial charge in [-0.15, -0.1) is 0 Å². The Morgan fingerprint density at radius 1 is 1.33 bits per heavy atom. The highest BCUT2D eigenvalue weighted by Crippen LogP contribution is 2.12. The molecule has 0 aliphatic carbocycles. The van der Waals surface area contributed by atoms with E-state index in [1.54, 1.807) is 0 Å². The first-order valence-electron chi connectivity index (χ1n) is 5.07. The Kier molecular flexibility index (Phi) is 4.65. The van der Waals surface area contributed by atoms with Crippen LogP contribution in [0.1, 0.15) is 12.5 Å². The first kappa shape index (κ1) is 11.5. The van der Waals surface area contributed by atoms with Crippen LogP contribution >= 0.6 is 0 Å². The summed E-state index contributed by atoms with van der Waals surface area (Å²) in [7, 11) is 2.01. The van der Waals surface area contributed by atoms with Crippen LogP contribution in [0.25, 0.3) is 0 Å². The second-order valence-electron chi connectivity index (χ2n) is 3.28. The number of nitrogens with zero attached hydrogens (tertiary/aromatic N) is 2. The Balaban J connectivity index is 2.51. The van der Waals surface area contributed by atoms with Crippen LogP contribution in [0.5, 0.6) is 0 Å². The molecule has 1 aromatic carbocycles. The lowest BCUT2D eigenvalue weighted by Gasteiger charge is -2.18. The third-order valence-corrected chi connectivity index (χ3v) is 2.21. The zero-order valence-corrected chi connectivity index (χ0v) is 9.23. The molecule has 1 aromatic rings. The van der Waals surface area contributed by atoms with Crippen LogP contribution in [-0.4, -0.2) is 26.8 Å². The van der Waals surface area contributed by atoms with Crippen molar-refractivity contribution in [2.45, 2.75) is 6.92 Å². The molecule has 0 atom stereocenters. The molecule has 0 unspecified atom stereocenters. The lowest BCUT2D eigenvalue weighted by molar-refractivity contribution is 0.154. The molecule has 0 aromatic heterocycles. The maximum Gasteiger partial charge on any atom is 0.0991 e. The molecule has 0 saturated heterocycles. The van der Waals surface area contributed by atoms with E-state index in [2.05, 4.69) is 11.0 Å². The van der Waals surface area contributed by atoms with Crippen LogP contribution in [-0.2, 0) is 4.74 Å². The highest BCUT2D eigenvalue weighted by Gasteiger charge is 1.99. The molecule has 0 bridgehead atoms. The zero-order valence-electron chi connectivity index (χ0n) is 9.23. The van der Waals surface area contributed by atoms with E-state index in [4.69, 9.17) is 10.00 Å². The summed E-state index contributed by atoms with van der Waals surface area (Å²) in [6.07, 6.45) is 0. The van der Waals surface area contributed by atoms with E-state index in [0.717, 1.165) is 25.4 Å². The molecule has 15 heavy (non-hydrogen) atoms. The quantitative estimate of drug-likeness (QED) is 0.688. The van der Waals surface area contributed by atoms with Crippen LogP contribution in [0.4, 0.5) is 5.69 Å². The minimum atomic E-state index is 0.692. The zero-order chi connectivity index (χ0) is 11.1. The molecule has 1 rings (SSSR count). The van der Waals surface area contributed by atoms with Crippen molar-refractivity contribution < 1.29 is 4.74 Å². The van der Waals surface area contributed by atoms with Crippen LogP contribution in [0, 0.1) is 11.3 Å². The number of nitriles is 1. The first-order valence-corrected chi connectivity index (χ1v) is 5.07. The van der Waals surface area contributed by atoms with Gasteiger partial charge in [0.1, 0.15) is 0 Å². The molecule has 0 heterocycles. The van der Waals surface area contributed by atoms with E-state index in [1.165, 1.54) is 0 Å². The third-order valence-electron chi connectivity index (χ3n) is 2.21. The lowest BCUT2D eigenvalue weighted by atomic mass is 10.2. The van der Waals surface area contributed by atoms with Crippen molar-refractivity contribution in [3.63, 3.8) is 0 Å². The third kappa shape index (κ3) is 3.61. The summed E-state index contributed by atoms with van der Waals surface area (Å²) in [6, 6.07) is 9.65. The lowest BCUT2D eigenvalue weighted by Crippen LogP contribution is -2.22. The Morgan fingerprint density at radius 2 is 2.00 bits per heavy atom. The van der Waals surface area contributed by atoms with Gasteiger partial charge in [-0.25, -0.2) is 0 Å². The van der Waals surface area contributed by atoms with Gasteiger partial charge >= 0.3 is 0 Å². The van der Waals surface area contributed by atoms with Crippen LogP contribution in [0.3, 0.4) is 0 Å². The van der Waals surface area contributed by atoms with Gasteiger partial charge in [0, 0.05) is 25.9 Å². The van der Waals surface area contributed by atoms with Crippen molar-refractivity contribution in [3.05, 3.63) is 29.8 Å². The summed E-state index contributed by atoms with van der Waals surface area (Å²) in [5.41, 5.74) is 1.80. The summed E-state index contributed by atoms with van der Waals surface area (Å²) in [6.45, 7) is 4.33. The maximum atomic E-state index is 8.66. The molecule has 0 aliphatic heterocycles. The molecule has 0 radical (unpaired) electrons. The normalized spacial score (nSPS) is 9.67. The van der Waals surface area contributed by atoms with E-state index in [-0.39, 0.29) is 0 Å². The van der Waals surface area contributed by atoms with Gasteiger partial charge in [0.25, 0.3) is 0 Å². The number of anilines is 1. The van der Waals surface area contributed by atoms with Crippen LogP contribution in [0.15, 0.2) is 24.3 Å². The maximum absolute atomic E-state index is 8.66. The molecule has 0 amide bonds. The van der Waals surface area contributed by atoms with E-state index in [0.29, 0.717) is 5.56 Å². The Bertz CT molecular complexity index is 326. The predicted octanol–water partition coefficient (Wildman–Crippen LogP) is 2.03. The summed E-state index contributed by atoms with van der Waals surface area (Å²) in [5.74, 6) is 0. The van der Waals surface area contributed by atoms with E-state index >= 15 is 0 Å². The minimum Gasteiger partial charge on any atom is -0.380 e. The SMILES string of the molecule is CCOCCN(C)c1ccc(C#N)cc1. The number of rotatable bonds is 5. The van der Waals surface area contributed by atoms with Crippen molar-refractivity contribution in [1.82, 2.24) is 0 Å². The molecule has 0 saturated carbocycles. The second-order valence-corrected chi connectivity index (χ2v) is 3.28. The van der Waals surface area contributed by atoms with E-state index in [9.17, 15) is 0 Å². The van der Waals surface area contributed by atoms with E-state index in [1.807, 2.05) is 38.2 Å². The van der Waals surface area contributed by atoms with Gasteiger partial charge < -0.3 is 9.64 Å². The number of hydrogen-bond donors (Lipinski definition) is 0. The fourth-order valence-corrected chi connectivity index (χ4v) is 1.27. The molecule has 0 fully saturated rings. The smallest absolute Gasteiger partial charge is 0.0991 e. The van der Waals surface area contributed by atoms with Gasteiger partial charge in [-0.05, 0) is 31.2 Å². The monoisotopic (exact) mass is 204 g/mol. The average molecular weight is 204 g/mol. The summed E-state index contributed by atoms with van der Waals surface area (Å²) >= 11 is 0. The van der Waals surface area contributed by atoms with Gasteiger partial charge in [-0.1, -0.05) is 0 Å². The predicted molar refractivity (Wildman–Crippen MR) is 60.9 cm³/mol. The van der Waals surface area contributed by atoms with Crippen molar-refractivity contribution in [2.75, 3.05) is 31.7 Å². The summed E-state index contributed by atoms with van der Waals surface area (Å²) in [5, 5.41) is 8.66. The van der Waals surface area contributed by atoms with Crippen molar-refractivity contribution in [2.24, 2.45) is 0 Å². The Hall–Kier alpha value is -1.53. The largest absolute Gasteiger partial charge is 0.380 e. The molecule has 80 valence electrons. The highest BCUT2D eigenvalue weighted by molar-refractivity contribution is 5.48. The second kappa shape index (κ2) is 6.05. The molecular formula is C12H16N2O. The number of benzene rings is 1. The summed E-state index contributed by atoms with van der Waals surface area (Å²) in [4.78, 5) is 2.11. The van der Waals surface area contributed by atoms with Crippen molar-refractivity contribution in [3.8, 4) is 6.07 Å². The first-order chi connectivity index (χ1) is 7.27. The topological polar surface area (TPSA) is 36.3 Å². The van der Waals surface area contributed by atoms with Gasteiger partial charge in [-0.2, -0.15) is 5.26 Å². The molecular weight excluding hydrogens is 188 g/mol. The van der Waals surface area contributed by atoms with Crippen LogP contribution in [0.2, 0.25) is 0 Å².